The van der Waals surface area contributed by atoms with Crippen molar-refractivity contribution in [3.05, 3.63) is 0 Å². The van der Waals surface area contributed by atoms with Gasteiger partial charge in [-0.15, -0.1) is 0 Å². The summed E-state index contributed by atoms with van der Waals surface area (Å²) in [5, 5.41) is 0. The van der Waals surface area contributed by atoms with Crippen LogP contribution in [0.15, 0.2) is 4.36 Å². The molecular formula is C7H14N2O2S. The summed E-state index contributed by atoms with van der Waals surface area (Å²) in [6, 6.07) is 0. The van der Waals surface area contributed by atoms with E-state index in [-0.39, 0.29) is 5.91 Å². The van der Waals surface area contributed by atoms with Gasteiger partial charge in [0, 0.05) is 28.8 Å². The van der Waals surface area contributed by atoms with E-state index >= 15 is 0 Å². The molecule has 0 saturated heterocycles. The number of hydrogen-bond acceptors (Lipinski definition) is 3. The molecule has 0 spiro atoms. The number of rotatable bonds is 2. The van der Waals surface area contributed by atoms with Crippen molar-refractivity contribution in [2.24, 2.45) is 15.5 Å². The largest absolute Gasteiger partial charge is 0.329 e. The van der Waals surface area contributed by atoms with Gasteiger partial charge in [0.15, 0.2) is 0 Å². The van der Waals surface area contributed by atoms with E-state index < -0.39 is 15.1 Å². The van der Waals surface area contributed by atoms with Gasteiger partial charge in [-0.1, -0.05) is 0 Å². The smallest absolute Gasteiger partial charge is 0.261 e. The summed E-state index contributed by atoms with van der Waals surface area (Å²) in [6.45, 7) is 0.324. The van der Waals surface area contributed by atoms with E-state index in [0.29, 0.717) is 6.54 Å². The minimum atomic E-state index is -2.31. The number of amides is 1. The summed E-state index contributed by atoms with van der Waals surface area (Å²) in [4.78, 5) is 11.3. The normalized spacial score (nSPS) is 20.2. The number of nitrogens with zero attached hydrogens (tertiary/aromatic N) is 1. The molecule has 1 aliphatic carbocycles. The second-order valence-electron chi connectivity index (χ2n) is 3.56. The van der Waals surface area contributed by atoms with Crippen LogP contribution >= 0.6 is 0 Å². The molecule has 5 heteroatoms. The number of hydrogen-bond donors (Lipinski definition) is 1. The molecule has 0 aliphatic heterocycles. The van der Waals surface area contributed by atoms with Crippen LogP contribution in [0.5, 0.6) is 0 Å². The van der Waals surface area contributed by atoms with Crippen LogP contribution in [0.2, 0.25) is 0 Å². The van der Waals surface area contributed by atoms with Gasteiger partial charge in [0.1, 0.15) is 0 Å². The first kappa shape index (κ1) is 9.67. The van der Waals surface area contributed by atoms with Crippen LogP contribution in [0.25, 0.3) is 0 Å². The average molecular weight is 190 g/mol. The van der Waals surface area contributed by atoms with E-state index in [9.17, 15) is 9.00 Å². The predicted octanol–water partition coefficient (Wildman–Crippen LogP) is -0.0205. The van der Waals surface area contributed by atoms with Crippen LogP contribution in [0, 0.1) is 5.41 Å². The maximum Gasteiger partial charge on any atom is 0.261 e. The lowest BCUT2D eigenvalue weighted by atomic mass is 10.1. The van der Waals surface area contributed by atoms with Crippen molar-refractivity contribution in [1.82, 2.24) is 0 Å². The molecule has 1 rings (SSSR count). The third-order valence-electron chi connectivity index (χ3n) is 2.00. The zero-order chi connectivity index (χ0) is 9.41. The van der Waals surface area contributed by atoms with Gasteiger partial charge >= 0.3 is 0 Å². The van der Waals surface area contributed by atoms with E-state index in [4.69, 9.17) is 5.73 Å². The summed E-state index contributed by atoms with van der Waals surface area (Å²) >= 11 is 0. The molecule has 12 heavy (non-hydrogen) atoms. The van der Waals surface area contributed by atoms with Gasteiger partial charge in [-0.25, -0.2) is 4.21 Å². The molecule has 70 valence electrons. The third-order valence-corrected chi connectivity index (χ3v) is 2.61. The first-order valence-electron chi connectivity index (χ1n) is 3.81. The summed E-state index contributed by atoms with van der Waals surface area (Å²) in [5.41, 5.74) is 4.97. The molecule has 1 amide bonds. The van der Waals surface area contributed by atoms with E-state index in [1.165, 1.54) is 12.5 Å². The Balaban J connectivity index is 2.81. The monoisotopic (exact) mass is 190 g/mol. The van der Waals surface area contributed by atoms with E-state index in [1.54, 1.807) is 0 Å². The summed E-state index contributed by atoms with van der Waals surface area (Å²) < 4.78 is 14.8. The van der Waals surface area contributed by atoms with E-state index in [1.807, 2.05) is 0 Å². The quantitative estimate of drug-likeness (QED) is 0.665. The molecule has 0 unspecified atom stereocenters. The van der Waals surface area contributed by atoms with Gasteiger partial charge in [0.2, 0.25) is 0 Å². The second kappa shape index (κ2) is 2.81. The van der Waals surface area contributed by atoms with Crippen molar-refractivity contribution in [3.63, 3.8) is 0 Å². The van der Waals surface area contributed by atoms with Crippen molar-refractivity contribution in [1.29, 1.82) is 0 Å². The van der Waals surface area contributed by atoms with Gasteiger partial charge in [-0.2, -0.15) is 4.36 Å². The number of nitrogens with two attached hydrogens (primary N) is 1. The van der Waals surface area contributed by atoms with E-state index in [2.05, 4.69) is 4.36 Å². The number of carbonyl (C=O) groups excluding carboxylic acids is 1. The highest BCUT2D eigenvalue weighted by Gasteiger charge is 2.48. The number of carbonyl (C=O) groups is 1. The standard InChI is InChI=1S/C7H14N2O2S/c1-12(2,11)9-6(10)7(5-8)3-4-7/h3-5,8H2,1-2H3. The molecule has 1 fully saturated rings. The van der Waals surface area contributed by atoms with Crippen molar-refractivity contribution in [2.75, 3.05) is 19.1 Å². The SMILES string of the molecule is CS(C)(=O)=NC(=O)C1(CN)CC1. The zero-order valence-corrected chi connectivity index (χ0v) is 8.19. The third kappa shape index (κ3) is 2.04. The molecule has 0 aromatic rings. The maximum atomic E-state index is 11.3. The fraction of sp³-hybridized carbons (Fsp3) is 0.857. The van der Waals surface area contributed by atoms with Crippen molar-refractivity contribution in [2.45, 2.75) is 12.8 Å². The fourth-order valence-corrected chi connectivity index (χ4v) is 1.55. The van der Waals surface area contributed by atoms with Crippen molar-refractivity contribution in [3.8, 4) is 0 Å². The molecule has 0 radical (unpaired) electrons. The molecule has 0 aromatic heterocycles. The average Bonchev–Trinajstić information content (AvgIpc) is 2.62. The van der Waals surface area contributed by atoms with Gasteiger partial charge < -0.3 is 5.73 Å². The van der Waals surface area contributed by atoms with Crippen LogP contribution < -0.4 is 5.73 Å². The molecule has 1 aliphatic rings. The Morgan fingerprint density at radius 3 is 2.33 bits per heavy atom. The maximum absolute atomic E-state index is 11.3. The Morgan fingerprint density at radius 2 is 2.08 bits per heavy atom. The summed E-state index contributed by atoms with van der Waals surface area (Å²) in [6.07, 6.45) is 4.50. The lowest BCUT2D eigenvalue weighted by Crippen LogP contribution is -2.24. The first-order chi connectivity index (χ1) is 5.40. The Morgan fingerprint density at radius 1 is 1.58 bits per heavy atom. The Kier molecular flexibility index (Phi) is 2.27. The van der Waals surface area contributed by atoms with Crippen LogP contribution in [0.4, 0.5) is 0 Å². The topological polar surface area (TPSA) is 72.5 Å². The molecule has 2 N–H and O–H groups in total. The van der Waals surface area contributed by atoms with Crippen LogP contribution in [-0.2, 0) is 14.5 Å². The van der Waals surface area contributed by atoms with Gasteiger partial charge in [0.05, 0.1) is 5.41 Å². The molecule has 0 heterocycles. The summed E-state index contributed by atoms with van der Waals surface area (Å²) in [5.74, 6) is -0.278. The minimum Gasteiger partial charge on any atom is -0.329 e. The highest BCUT2D eigenvalue weighted by molar-refractivity contribution is 7.92. The molecule has 4 nitrogen and oxygen atoms in total. The molecule has 0 bridgehead atoms. The summed E-state index contributed by atoms with van der Waals surface area (Å²) in [7, 11) is -2.31. The van der Waals surface area contributed by atoms with Gasteiger partial charge in [0.25, 0.3) is 5.91 Å². The first-order valence-corrected chi connectivity index (χ1v) is 6.14. The van der Waals surface area contributed by atoms with Gasteiger partial charge in [-0.3, -0.25) is 4.79 Å². The van der Waals surface area contributed by atoms with Crippen LogP contribution in [-0.4, -0.2) is 29.2 Å². The Hall–Kier alpha value is -0.420. The molecule has 0 aromatic carbocycles. The van der Waals surface area contributed by atoms with Crippen LogP contribution in [0.1, 0.15) is 12.8 Å². The highest BCUT2D eigenvalue weighted by Crippen LogP contribution is 2.45. The Bertz CT molecular complexity index is 303. The zero-order valence-electron chi connectivity index (χ0n) is 7.37. The second-order valence-corrected chi connectivity index (χ2v) is 6.11. The van der Waals surface area contributed by atoms with Crippen LogP contribution in [0.3, 0.4) is 0 Å². The van der Waals surface area contributed by atoms with Gasteiger partial charge in [-0.05, 0) is 12.8 Å². The lowest BCUT2D eigenvalue weighted by Gasteiger charge is -2.05. The fourth-order valence-electron chi connectivity index (χ4n) is 0.953. The Labute approximate surface area is 72.7 Å². The highest BCUT2D eigenvalue weighted by atomic mass is 32.2. The lowest BCUT2D eigenvalue weighted by molar-refractivity contribution is -0.122. The minimum absolute atomic E-state index is 0.278. The van der Waals surface area contributed by atoms with E-state index in [0.717, 1.165) is 12.8 Å². The molecule has 1 saturated carbocycles. The molecular weight excluding hydrogens is 176 g/mol. The van der Waals surface area contributed by atoms with Crippen molar-refractivity contribution >= 4 is 15.6 Å². The predicted molar refractivity (Wildman–Crippen MR) is 48.1 cm³/mol. The van der Waals surface area contributed by atoms with Crippen molar-refractivity contribution < 1.29 is 9.00 Å². The molecule has 0 atom stereocenters.